The summed E-state index contributed by atoms with van der Waals surface area (Å²) in [5, 5.41) is 7.61. The van der Waals surface area contributed by atoms with Gasteiger partial charge in [-0.2, -0.15) is 5.10 Å². The van der Waals surface area contributed by atoms with Crippen LogP contribution in [-0.4, -0.2) is 34.4 Å². The summed E-state index contributed by atoms with van der Waals surface area (Å²) in [5.74, 6) is -0.453. The van der Waals surface area contributed by atoms with Crippen LogP contribution < -0.4 is 16.6 Å². The van der Waals surface area contributed by atoms with Gasteiger partial charge in [0.25, 0.3) is 5.56 Å². The smallest absolute Gasteiger partial charge is 0.332 e. The van der Waals surface area contributed by atoms with Crippen molar-refractivity contribution in [2.45, 2.75) is 19.6 Å². The molecule has 10 heteroatoms. The highest BCUT2D eigenvalue weighted by Crippen LogP contribution is 2.22. The van der Waals surface area contributed by atoms with Crippen molar-refractivity contribution in [3.63, 3.8) is 0 Å². The van der Waals surface area contributed by atoms with E-state index in [0.29, 0.717) is 6.54 Å². The predicted molar refractivity (Wildman–Crippen MR) is 135 cm³/mol. The number of hydrogen-bond acceptors (Lipinski definition) is 5. The molecular formula is C26H25N7O3. The topological polar surface area (TPSA) is 109 Å². The van der Waals surface area contributed by atoms with Crippen molar-refractivity contribution < 1.29 is 4.79 Å². The average Bonchev–Trinajstić information content (AvgIpc) is 3.48. The van der Waals surface area contributed by atoms with Gasteiger partial charge >= 0.3 is 5.69 Å². The molecule has 3 aromatic heterocycles. The Hall–Kier alpha value is -4.73. The van der Waals surface area contributed by atoms with Crippen LogP contribution in [0.4, 0.5) is 0 Å². The van der Waals surface area contributed by atoms with Crippen molar-refractivity contribution in [1.82, 2.24) is 33.8 Å². The standard InChI is InChI=1S/C26H25N7O3/c1-30-17-28-24-23(30)25(35)33(26(36)31(24)2)16-21(34)27-13-20-15-32(14-18-9-5-3-6-10-18)29-22(20)19-11-7-4-8-12-19/h3-12,15,17H,13-14,16H2,1-2H3,(H,27,34). The minimum absolute atomic E-state index is 0.195. The number of amides is 1. The summed E-state index contributed by atoms with van der Waals surface area (Å²) >= 11 is 0. The average molecular weight is 484 g/mol. The van der Waals surface area contributed by atoms with E-state index in [1.54, 1.807) is 11.6 Å². The minimum atomic E-state index is -0.595. The molecule has 0 aliphatic heterocycles. The fourth-order valence-corrected chi connectivity index (χ4v) is 4.21. The highest BCUT2D eigenvalue weighted by atomic mass is 16.2. The first-order valence-electron chi connectivity index (χ1n) is 11.5. The Balaban J connectivity index is 1.39. The number of nitrogens with one attached hydrogen (secondary N) is 1. The van der Waals surface area contributed by atoms with Gasteiger partial charge in [0.1, 0.15) is 6.54 Å². The highest BCUT2D eigenvalue weighted by molar-refractivity contribution is 5.77. The lowest BCUT2D eigenvalue weighted by Gasteiger charge is -2.09. The van der Waals surface area contributed by atoms with Gasteiger partial charge < -0.3 is 9.88 Å². The third-order valence-electron chi connectivity index (χ3n) is 6.05. The molecule has 182 valence electrons. The molecule has 0 saturated heterocycles. The van der Waals surface area contributed by atoms with Gasteiger partial charge in [-0.05, 0) is 5.56 Å². The third kappa shape index (κ3) is 4.36. The Morgan fingerprint density at radius 2 is 1.67 bits per heavy atom. The summed E-state index contributed by atoms with van der Waals surface area (Å²) in [4.78, 5) is 42.6. The molecule has 0 fully saturated rings. The van der Waals surface area contributed by atoms with E-state index in [9.17, 15) is 14.4 Å². The van der Waals surface area contributed by atoms with Crippen LogP contribution in [0.25, 0.3) is 22.4 Å². The molecule has 0 aliphatic rings. The van der Waals surface area contributed by atoms with E-state index >= 15 is 0 Å². The molecule has 5 aromatic rings. The van der Waals surface area contributed by atoms with E-state index < -0.39 is 23.7 Å². The van der Waals surface area contributed by atoms with Crippen LogP contribution >= 0.6 is 0 Å². The second kappa shape index (κ2) is 9.49. The van der Waals surface area contributed by atoms with Crippen molar-refractivity contribution in [2.24, 2.45) is 14.1 Å². The molecule has 0 spiro atoms. The maximum Gasteiger partial charge on any atom is 0.332 e. The van der Waals surface area contributed by atoms with Gasteiger partial charge in [-0.3, -0.25) is 18.8 Å². The van der Waals surface area contributed by atoms with Crippen molar-refractivity contribution in [1.29, 1.82) is 0 Å². The molecule has 3 heterocycles. The lowest BCUT2D eigenvalue weighted by molar-refractivity contribution is -0.121. The van der Waals surface area contributed by atoms with Gasteiger partial charge in [0.15, 0.2) is 11.2 Å². The van der Waals surface area contributed by atoms with Crippen molar-refractivity contribution >= 4 is 17.1 Å². The van der Waals surface area contributed by atoms with Crippen LogP contribution in [0, 0.1) is 0 Å². The van der Waals surface area contributed by atoms with E-state index in [2.05, 4.69) is 10.3 Å². The van der Waals surface area contributed by atoms with Gasteiger partial charge in [0, 0.05) is 38.0 Å². The largest absolute Gasteiger partial charge is 0.350 e. The first-order valence-corrected chi connectivity index (χ1v) is 11.5. The summed E-state index contributed by atoms with van der Waals surface area (Å²) < 4.78 is 5.58. The number of fused-ring (bicyclic) bond motifs is 1. The SMILES string of the molecule is Cn1cnc2c1c(=O)n(CC(=O)NCc1cn(Cc3ccccc3)nc1-c1ccccc1)c(=O)n2C. The maximum atomic E-state index is 12.9. The molecule has 1 amide bonds. The number of aromatic nitrogens is 6. The van der Waals surface area contributed by atoms with E-state index in [1.165, 1.54) is 17.9 Å². The van der Waals surface area contributed by atoms with Gasteiger partial charge in [-0.15, -0.1) is 0 Å². The molecule has 36 heavy (non-hydrogen) atoms. The van der Waals surface area contributed by atoms with Crippen molar-refractivity contribution in [2.75, 3.05) is 0 Å². The predicted octanol–water partition coefficient (Wildman–Crippen LogP) is 1.66. The lowest BCUT2D eigenvalue weighted by atomic mass is 10.1. The number of imidazole rings is 1. The number of nitrogens with zero attached hydrogens (tertiary/aromatic N) is 6. The van der Waals surface area contributed by atoms with E-state index in [-0.39, 0.29) is 17.7 Å². The van der Waals surface area contributed by atoms with Crippen LogP contribution in [0.15, 0.2) is 82.8 Å². The van der Waals surface area contributed by atoms with Crippen LogP contribution in [0.5, 0.6) is 0 Å². The van der Waals surface area contributed by atoms with Crippen LogP contribution in [-0.2, 0) is 38.5 Å². The van der Waals surface area contributed by atoms with Crippen LogP contribution in [0.3, 0.4) is 0 Å². The summed E-state index contributed by atoms with van der Waals surface area (Å²) in [6.45, 7) is 0.386. The molecule has 0 aliphatic carbocycles. The fourth-order valence-electron chi connectivity index (χ4n) is 4.21. The quantitative estimate of drug-likeness (QED) is 0.379. The molecule has 5 rings (SSSR count). The van der Waals surface area contributed by atoms with Gasteiger partial charge in [0.05, 0.1) is 18.6 Å². The molecule has 10 nitrogen and oxygen atoms in total. The lowest BCUT2D eigenvalue weighted by Crippen LogP contribution is -2.43. The molecule has 0 radical (unpaired) electrons. The Bertz CT molecular complexity index is 1660. The fraction of sp³-hybridized carbons (Fsp3) is 0.192. The second-order valence-corrected chi connectivity index (χ2v) is 8.59. The Morgan fingerprint density at radius 3 is 2.39 bits per heavy atom. The summed E-state index contributed by atoms with van der Waals surface area (Å²) in [6, 6.07) is 19.7. The Kier molecular flexibility index (Phi) is 6.07. The monoisotopic (exact) mass is 483 g/mol. The molecule has 0 unspecified atom stereocenters. The molecular weight excluding hydrogens is 458 g/mol. The Labute approximate surface area is 206 Å². The number of rotatable bonds is 7. The molecule has 0 atom stereocenters. The maximum absolute atomic E-state index is 12.9. The molecule has 0 saturated carbocycles. The normalized spacial score (nSPS) is 11.2. The summed E-state index contributed by atoms with van der Waals surface area (Å²) in [5.41, 5.74) is 3.02. The summed E-state index contributed by atoms with van der Waals surface area (Å²) in [6.07, 6.45) is 3.37. The van der Waals surface area contributed by atoms with E-state index in [0.717, 1.165) is 27.0 Å². The molecule has 0 bridgehead atoms. The van der Waals surface area contributed by atoms with Crippen molar-refractivity contribution in [3.8, 4) is 11.3 Å². The molecule has 2 aromatic carbocycles. The zero-order valence-electron chi connectivity index (χ0n) is 20.0. The van der Waals surface area contributed by atoms with E-state index in [1.807, 2.05) is 71.5 Å². The first kappa shape index (κ1) is 23.0. The second-order valence-electron chi connectivity index (χ2n) is 8.59. The summed E-state index contributed by atoms with van der Waals surface area (Å²) in [7, 11) is 3.20. The molecule has 1 N–H and O–H groups in total. The first-order chi connectivity index (χ1) is 17.4. The van der Waals surface area contributed by atoms with E-state index in [4.69, 9.17) is 5.10 Å². The van der Waals surface area contributed by atoms with Crippen molar-refractivity contribution in [3.05, 3.63) is 105 Å². The van der Waals surface area contributed by atoms with Gasteiger partial charge in [-0.25, -0.2) is 14.3 Å². The minimum Gasteiger partial charge on any atom is -0.350 e. The number of aryl methyl sites for hydroxylation is 2. The van der Waals surface area contributed by atoms with Crippen LogP contribution in [0.2, 0.25) is 0 Å². The third-order valence-corrected chi connectivity index (χ3v) is 6.05. The number of carbonyl (C=O) groups excluding carboxylic acids is 1. The number of carbonyl (C=O) groups is 1. The zero-order chi connectivity index (χ0) is 25.2. The van der Waals surface area contributed by atoms with Crippen LogP contribution in [0.1, 0.15) is 11.1 Å². The Morgan fingerprint density at radius 1 is 0.972 bits per heavy atom. The number of benzene rings is 2. The van der Waals surface area contributed by atoms with Gasteiger partial charge in [-0.1, -0.05) is 60.7 Å². The van der Waals surface area contributed by atoms with Gasteiger partial charge in [0.2, 0.25) is 5.91 Å². The zero-order valence-corrected chi connectivity index (χ0v) is 20.0. The number of hydrogen-bond donors (Lipinski definition) is 1. The highest BCUT2D eigenvalue weighted by Gasteiger charge is 2.18.